The molecule has 0 aliphatic carbocycles. The first kappa shape index (κ1) is 14.9. The molecule has 0 fully saturated rings. The van der Waals surface area contributed by atoms with Crippen LogP contribution in [-0.4, -0.2) is 15.8 Å². The Morgan fingerprint density at radius 3 is 2.48 bits per heavy atom. The molecule has 0 spiro atoms. The molecule has 0 radical (unpaired) electrons. The molecule has 21 heavy (non-hydrogen) atoms. The molecular weight excluding hydrogens is 338 g/mol. The van der Waals surface area contributed by atoms with Gasteiger partial charge < -0.3 is 5.11 Å². The number of phenolic OH excluding ortho intramolecular Hbond substituents is 1. The smallest absolute Gasteiger partial charge is 0.311 e. The first-order valence-corrected chi connectivity index (χ1v) is 6.72. The molecule has 0 aliphatic heterocycles. The lowest BCUT2D eigenvalue weighted by Gasteiger charge is -1.98. The highest BCUT2D eigenvalue weighted by molar-refractivity contribution is 9.10. The zero-order valence-corrected chi connectivity index (χ0v) is 12.3. The Morgan fingerprint density at radius 1 is 1.19 bits per heavy atom. The molecule has 0 aromatic heterocycles. The molecule has 2 aromatic carbocycles. The lowest BCUT2D eigenvalue weighted by Crippen LogP contribution is -1.93. The minimum atomic E-state index is -0.677. The monoisotopic (exact) mass is 347 g/mol. The van der Waals surface area contributed by atoms with Gasteiger partial charge >= 0.3 is 5.69 Å². The van der Waals surface area contributed by atoms with Gasteiger partial charge in [-0.25, -0.2) is 0 Å². The Hall–Kier alpha value is -2.47. The number of ketones is 1. The number of nitro benzene ring substituents is 1. The highest BCUT2D eigenvalue weighted by atomic mass is 79.9. The van der Waals surface area contributed by atoms with Crippen LogP contribution in [0.15, 0.2) is 53.0 Å². The van der Waals surface area contributed by atoms with E-state index >= 15 is 0 Å². The number of carbonyl (C=O) groups excluding carboxylic acids is 1. The van der Waals surface area contributed by atoms with Crippen LogP contribution in [0.1, 0.15) is 15.9 Å². The standard InChI is InChI=1S/C15H10BrNO4/c16-12-5-3-11(4-6-12)14(18)7-1-10-2-8-15(19)13(9-10)17(20)21/h1-9,19H. The van der Waals surface area contributed by atoms with Crippen molar-refractivity contribution in [3.63, 3.8) is 0 Å². The van der Waals surface area contributed by atoms with Crippen molar-refractivity contribution in [1.82, 2.24) is 0 Å². The summed E-state index contributed by atoms with van der Waals surface area (Å²) in [5.74, 6) is -0.616. The fraction of sp³-hybridized carbons (Fsp3) is 0. The van der Waals surface area contributed by atoms with Crippen molar-refractivity contribution >= 4 is 33.5 Å². The van der Waals surface area contributed by atoms with E-state index in [1.165, 1.54) is 30.4 Å². The highest BCUT2D eigenvalue weighted by Gasteiger charge is 2.12. The summed E-state index contributed by atoms with van der Waals surface area (Å²) in [6.45, 7) is 0. The Kier molecular flexibility index (Phi) is 4.49. The van der Waals surface area contributed by atoms with Gasteiger partial charge in [0.1, 0.15) is 0 Å². The van der Waals surface area contributed by atoms with Crippen LogP contribution in [0, 0.1) is 10.1 Å². The van der Waals surface area contributed by atoms with Crippen LogP contribution < -0.4 is 0 Å². The average Bonchev–Trinajstić information content (AvgIpc) is 2.46. The highest BCUT2D eigenvalue weighted by Crippen LogP contribution is 2.26. The van der Waals surface area contributed by atoms with Gasteiger partial charge in [0.25, 0.3) is 0 Å². The number of hydrogen-bond acceptors (Lipinski definition) is 4. The third-order valence-electron chi connectivity index (χ3n) is 2.75. The fourth-order valence-electron chi connectivity index (χ4n) is 1.67. The maximum atomic E-state index is 11.9. The zero-order chi connectivity index (χ0) is 15.4. The number of halogens is 1. The van der Waals surface area contributed by atoms with E-state index in [2.05, 4.69) is 15.9 Å². The first-order valence-electron chi connectivity index (χ1n) is 5.93. The number of aromatic hydroxyl groups is 1. The van der Waals surface area contributed by atoms with E-state index in [9.17, 15) is 20.0 Å². The summed E-state index contributed by atoms with van der Waals surface area (Å²) in [5.41, 5.74) is 0.584. The van der Waals surface area contributed by atoms with E-state index in [0.717, 1.165) is 4.47 Å². The summed E-state index contributed by atoms with van der Waals surface area (Å²) >= 11 is 3.28. The summed E-state index contributed by atoms with van der Waals surface area (Å²) in [6, 6.07) is 10.8. The zero-order valence-electron chi connectivity index (χ0n) is 10.7. The Bertz CT molecular complexity index is 723. The van der Waals surface area contributed by atoms with Gasteiger partial charge in [-0.05, 0) is 42.0 Å². The molecule has 0 heterocycles. The van der Waals surface area contributed by atoms with Crippen LogP contribution in [0.5, 0.6) is 5.75 Å². The third kappa shape index (κ3) is 3.76. The van der Waals surface area contributed by atoms with Crippen molar-refractivity contribution in [2.45, 2.75) is 0 Å². The molecule has 5 nitrogen and oxygen atoms in total. The molecule has 0 saturated heterocycles. The van der Waals surface area contributed by atoms with Crippen LogP contribution in [0.2, 0.25) is 0 Å². The topological polar surface area (TPSA) is 80.4 Å². The number of phenols is 1. The van der Waals surface area contributed by atoms with Crippen LogP contribution >= 0.6 is 15.9 Å². The molecule has 0 atom stereocenters. The molecule has 2 rings (SSSR count). The predicted molar refractivity (Wildman–Crippen MR) is 82.3 cm³/mol. The van der Waals surface area contributed by atoms with E-state index in [0.29, 0.717) is 11.1 Å². The van der Waals surface area contributed by atoms with Crippen molar-refractivity contribution < 1.29 is 14.8 Å². The van der Waals surface area contributed by atoms with Crippen LogP contribution in [-0.2, 0) is 0 Å². The summed E-state index contributed by atoms with van der Waals surface area (Å²) < 4.78 is 0.872. The van der Waals surface area contributed by atoms with Gasteiger partial charge in [0, 0.05) is 16.1 Å². The lowest BCUT2D eigenvalue weighted by atomic mass is 10.1. The second-order valence-electron chi connectivity index (χ2n) is 4.21. The van der Waals surface area contributed by atoms with Gasteiger partial charge in [0.15, 0.2) is 11.5 Å². The van der Waals surface area contributed by atoms with Crippen LogP contribution in [0.25, 0.3) is 6.08 Å². The molecule has 0 saturated carbocycles. The number of rotatable bonds is 4. The maximum absolute atomic E-state index is 11.9. The minimum absolute atomic E-state index is 0.210. The van der Waals surface area contributed by atoms with Gasteiger partial charge in [-0.15, -0.1) is 0 Å². The molecule has 2 aromatic rings. The van der Waals surface area contributed by atoms with Gasteiger partial charge in [-0.2, -0.15) is 0 Å². The number of carbonyl (C=O) groups is 1. The Morgan fingerprint density at radius 2 is 1.86 bits per heavy atom. The molecule has 1 N–H and O–H groups in total. The van der Waals surface area contributed by atoms with Crippen LogP contribution in [0.4, 0.5) is 5.69 Å². The van der Waals surface area contributed by atoms with Crippen molar-refractivity contribution in [1.29, 1.82) is 0 Å². The van der Waals surface area contributed by atoms with Gasteiger partial charge in [0.05, 0.1) is 4.92 Å². The number of nitro groups is 1. The van der Waals surface area contributed by atoms with Crippen molar-refractivity contribution in [3.05, 3.63) is 74.3 Å². The SMILES string of the molecule is O=C(C=Cc1ccc(O)c([N+](=O)[O-])c1)c1ccc(Br)cc1. The third-order valence-corrected chi connectivity index (χ3v) is 3.28. The summed E-state index contributed by atoms with van der Waals surface area (Å²) in [6.07, 6.45) is 2.80. The van der Waals surface area contributed by atoms with Crippen molar-refractivity contribution in [2.75, 3.05) is 0 Å². The molecule has 0 bridgehead atoms. The van der Waals surface area contributed by atoms with E-state index < -0.39 is 16.4 Å². The minimum Gasteiger partial charge on any atom is -0.502 e. The molecule has 0 aliphatic rings. The number of hydrogen-bond donors (Lipinski definition) is 1. The van der Waals surface area contributed by atoms with Crippen molar-refractivity contribution in [3.8, 4) is 5.75 Å². The summed E-state index contributed by atoms with van der Waals surface area (Å²) in [7, 11) is 0. The summed E-state index contributed by atoms with van der Waals surface area (Å²) in [4.78, 5) is 22.0. The molecule has 0 amide bonds. The van der Waals surface area contributed by atoms with Crippen molar-refractivity contribution in [2.24, 2.45) is 0 Å². The van der Waals surface area contributed by atoms with E-state index in [4.69, 9.17) is 0 Å². The number of benzene rings is 2. The molecule has 0 unspecified atom stereocenters. The number of nitrogens with zero attached hydrogens (tertiary/aromatic N) is 1. The number of allylic oxidation sites excluding steroid dienone is 1. The normalized spacial score (nSPS) is 10.7. The predicted octanol–water partition coefficient (Wildman–Crippen LogP) is 3.96. The second kappa shape index (κ2) is 6.32. The summed E-state index contributed by atoms with van der Waals surface area (Å²) in [5, 5.41) is 20.1. The van der Waals surface area contributed by atoms with E-state index in [1.54, 1.807) is 24.3 Å². The fourth-order valence-corrected chi connectivity index (χ4v) is 1.94. The van der Waals surface area contributed by atoms with Gasteiger partial charge in [0.2, 0.25) is 0 Å². The average molecular weight is 348 g/mol. The molecule has 106 valence electrons. The largest absolute Gasteiger partial charge is 0.502 e. The van der Waals surface area contributed by atoms with Gasteiger partial charge in [-0.3, -0.25) is 14.9 Å². The Balaban J connectivity index is 2.21. The quantitative estimate of drug-likeness (QED) is 0.393. The first-order chi connectivity index (χ1) is 9.97. The molecular formula is C15H10BrNO4. The second-order valence-corrected chi connectivity index (χ2v) is 5.13. The van der Waals surface area contributed by atoms with E-state index in [1.807, 2.05) is 0 Å². The van der Waals surface area contributed by atoms with Gasteiger partial charge in [-0.1, -0.05) is 28.1 Å². The maximum Gasteiger partial charge on any atom is 0.311 e. The van der Waals surface area contributed by atoms with Crippen LogP contribution in [0.3, 0.4) is 0 Å². The molecule has 6 heteroatoms. The Labute approximate surface area is 128 Å². The van der Waals surface area contributed by atoms with E-state index in [-0.39, 0.29) is 5.78 Å². The lowest BCUT2D eigenvalue weighted by molar-refractivity contribution is -0.385.